The van der Waals surface area contributed by atoms with Gasteiger partial charge in [-0.15, -0.1) is 5.06 Å². The minimum Gasteiger partial charge on any atom is -0.356 e. The molecule has 9 heteroatoms. The van der Waals surface area contributed by atoms with Crippen LogP contribution in [0.1, 0.15) is 51.4 Å². The van der Waals surface area contributed by atoms with E-state index in [4.69, 9.17) is 5.73 Å². The zero-order chi connectivity index (χ0) is 17.9. The Morgan fingerprint density at radius 3 is 2.46 bits per heavy atom. The SMILES string of the molecule is NC(C=O)CCCCNC(=O)CCCC(=O)ON1C(=O)CCC1=O. The van der Waals surface area contributed by atoms with E-state index in [1.54, 1.807) is 0 Å². The van der Waals surface area contributed by atoms with Crippen molar-refractivity contribution in [1.29, 1.82) is 0 Å². The lowest BCUT2D eigenvalue weighted by Crippen LogP contribution is -2.32. The van der Waals surface area contributed by atoms with Crippen LogP contribution >= 0.6 is 0 Å². The number of nitrogens with two attached hydrogens (primary N) is 1. The summed E-state index contributed by atoms with van der Waals surface area (Å²) in [6, 6.07) is -0.457. The van der Waals surface area contributed by atoms with Crippen molar-refractivity contribution < 1.29 is 28.8 Å². The van der Waals surface area contributed by atoms with Gasteiger partial charge in [0.2, 0.25) is 5.91 Å². The molecule has 1 aliphatic rings. The summed E-state index contributed by atoms with van der Waals surface area (Å²) >= 11 is 0. The van der Waals surface area contributed by atoms with Crippen LogP contribution in [0.3, 0.4) is 0 Å². The van der Waals surface area contributed by atoms with Crippen LogP contribution in [0.15, 0.2) is 0 Å². The van der Waals surface area contributed by atoms with Crippen LogP contribution in [0.25, 0.3) is 0 Å². The van der Waals surface area contributed by atoms with Gasteiger partial charge in [0.25, 0.3) is 11.8 Å². The molecule has 1 atom stereocenters. The minimum absolute atomic E-state index is 0.0479. The number of nitrogens with zero attached hydrogens (tertiary/aromatic N) is 1. The average molecular weight is 341 g/mol. The van der Waals surface area contributed by atoms with Crippen LogP contribution < -0.4 is 11.1 Å². The third-order valence-corrected chi connectivity index (χ3v) is 3.44. The third kappa shape index (κ3) is 7.32. The van der Waals surface area contributed by atoms with Crippen molar-refractivity contribution in [3.8, 4) is 0 Å². The first-order chi connectivity index (χ1) is 11.4. The molecule has 0 saturated carbocycles. The molecule has 3 amide bonds. The Morgan fingerprint density at radius 1 is 1.17 bits per heavy atom. The normalized spacial score (nSPS) is 15.3. The Hall–Kier alpha value is -2.29. The maximum atomic E-state index is 11.6. The molecule has 134 valence electrons. The number of carbonyl (C=O) groups excluding carboxylic acids is 5. The number of hydrogen-bond acceptors (Lipinski definition) is 7. The highest BCUT2D eigenvalue weighted by molar-refractivity contribution is 6.01. The van der Waals surface area contributed by atoms with Crippen molar-refractivity contribution >= 4 is 30.0 Å². The molecule has 1 saturated heterocycles. The van der Waals surface area contributed by atoms with Crippen LogP contribution in [0, 0.1) is 0 Å². The molecule has 24 heavy (non-hydrogen) atoms. The zero-order valence-electron chi connectivity index (χ0n) is 13.5. The fourth-order valence-corrected chi connectivity index (χ4v) is 2.09. The maximum Gasteiger partial charge on any atom is 0.333 e. The van der Waals surface area contributed by atoms with E-state index in [9.17, 15) is 24.0 Å². The Balaban J connectivity index is 2.06. The molecule has 0 bridgehead atoms. The molecule has 0 spiro atoms. The van der Waals surface area contributed by atoms with E-state index < -0.39 is 23.8 Å². The van der Waals surface area contributed by atoms with Crippen molar-refractivity contribution in [3.63, 3.8) is 0 Å². The van der Waals surface area contributed by atoms with E-state index in [1.807, 2.05) is 0 Å². The number of carbonyl (C=O) groups is 5. The maximum absolute atomic E-state index is 11.6. The van der Waals surface area contributed by atoms with Gasteiger partial charge in [-0.2, -0.15) is 0 Å². The molecule has 0 aromatic carbocycles. The highest BCUT2D eigenvalue weighted by Gasteiger charge is 2.32. The number of unbranched alkanes of at least 4 members (excludes halogenated alkanes) is 1. The van der Waals surface area contributed by atoms with Crippen molar-refractivity contribution in [2.75, 3.05) is 6.54 Å². The summed E-state index contributed by atoms with van der Waals surface area (Å²) in [5.41, 5.74) is 5.44. The van der Waals surface area contributed by atoms with Crippen molar-refractivity contribution in [2.45, 2.75) is 57.4 Å². The predicted molar refractivity (Wildman–Crippen MR) is 81.9 cm³/mol. The van der Waals surface area contributed by atoms with E-state index in [0.29, 0.717) is 30.7 Å². The lowest BCUT2D eigenvalue weighted by atomic mass is 10.1. The molecular formula is C15H23N3O6. The highest BCUT2D eigenvalue weighted by Crippen LogP contribution is 2.13. The van der Waals surface area contributed by atoms with Crippen LogP contribution in [0.5, 0.6) is 0 Å². The molecule has 9 nitrogen and oxygen atoms in total. The van der Waals surface area contributed by atoms with Gasteiger partial charge in [0.15, 0.2) is 0 Å². The van der Waals surface area contributed by atoms with Gasteiger partial charge in [-0.25, -0.2) is 4.79 Å². The van der Waals surface area contributed by atoms with Crippen molar-refractivity contribution in [2.24, 2.45) is 5.73 Å². The van der Waals surface area contributed by atoms with Crippen LogP contribution in [0.4, 0.5) is 0 Å². The monoisotopic (exact) mass is 341 g/mol. The molecule has 0 aliphatic carbocycles. The molecule has 0 aromatic rings. The zero-order valence-corrected chi connectivity index (χ0v) is 13.5. The van der Waals surface area contributed by atoms with Gasteiger partial charge in [0, 0.05) is 32.2 Å². The second-order valence-electron chi connectivity index (χ2n) is 5.54. The summed E-state index contributed by atoms with van der Waals surface area (Å²) in [5, 5.41) is 3.19. The average Bonchev–Trinajstić information content (AvgIpc) is 2.86. The molecular weight excluding hydrogens is 318 g/mol. The van der Waals surface area contributed by atoms with E-state index in [2.05, 4.69) is 10.2 Å². The summed E-state index contributed by atoms with van der Waals surface area (Å²) in [5.74, 6) is -1.97. The second kappa shape index (κ2) is 10.5. The van der Waals surface area contributed by atoms with Crippen LogP contribution in [-0.4, -0.2) is 47.6 Å². The molecule has 3 N–H and O–H groups in total. The van der Waals surface area contributed by atoms with Gasteiger partial charge < -0.3 is 20.7 Å². The number of hydrogen-bond donors (Lipinski definition) is 2. The molecule has 1 fully saturated rings. The third-order valence-electron chi connectivity index (χ3n) is 3.44. The Kier molecular flexibility index (Phi) is 8.63. The second-order valence-corrected chi connectivity index (χ2v) is 5.54. The summed E-state index contributed by atoms with van der Waals surface area (Å²) in [6.45, 7) is 0.478. The molecule has 1 aliphatic heterocycles. The highest BCUT2D eigenvalue weighted by atomic mass is 16.7. The van der Waals surface area contributed by atoms with Gasteiger partial charge in [-0.1, -0.05) is 0 Å². The number of imide groups is 1. The lowest BCUT2D eigenvalue weighted by molar-refractivity contribution is -0.197. The molecule has 1 rings (SSSR count). The van der Waals surface area contributed by atoms with E-state index in [0.717, 1.165) is 6.42 Å². The largest absolute Gasteiger partial charge is 0.356 e. The minimum atomic E-state index is -0.714. The Morgan fingerprint density at radius 2 is 1.83 bits per heavy atom. The lowest BCUT2D eigenvalue weighted by Gasteiger charge is -2.12. The molecule has 0 aromatic heterocycles. The first kappa shape index (κ1) is 19.8. The Bertz CT molecular complexity index is 478. The van der Waals surface area contributed by atoms with E-state index in [1.165, 1.54) is 0 Å². The van der Waals surface area contributed by atoms with Gasteiger partial charge >= 0.3 is 5.97 Å². The first-order valence-corrected chi connectivity index (χ1v) is 7.98. The van der Waals surface area contributed by atoms with E-state index in [-0.39, 0.29) is 38.0 Å². The van der Waals surface area contributed by atoms with Crippen molar-refractivity contribution in [1.82, 2.24) is 10.4 Å². The molecule has 1 heterocycles. The molecule has 0 radical (unpaired) electrons. The standard InChI is InChI=1S/C15H23N3O6/c16-11(10-19)4-1-2-9-17-12(20)5-3-6-15(23)24-18-13(21)7-8-14(18)22/h10-11H,1-9,16H2,(H,17,20). The quantitative estimate of drug-likeness (QED) is 0.296. The fourth-order valence-electron chi connectivity index (χ4n) is 2.09. The van der Waals surface area contributed by atoms with Gasteiger partial charge in [0.05, 0.1) is 6.04 Å². The smallest absolute Gasteiger partial charge is 0.333 e. The van der Waals surface area contributed by atoms with Gasteiger partial charge in [0.1, 0.15) is 6.29 Å². The van der Waals surface area contributed by atoms with Crippen LogP contribution in [-0.2, 0) is 28.8 Å². The number of hydroxylamine groups is 2. The molecule has 1 unspecified atom stereocenters. The number of amides is 3. The van der Waals surface area contributed by atoms with E-state index >= 15 is 0 Å². The first-order valence-electron chi connectivity index (χ1n) is 7.98. The van der Waals surface area contributed by atoms with Gasteiger partial charge in [-0.05, 0) is 25.7 Å². The number of rotatable bonds is 11. The summed E-state index contributed by atoms with van der Waals surface area (Å²) in [4.78, 5) is 60.6. The van der Waals surface area contributed by atoms with Crippen molar-refractivity contribution in [3.05, 3.63) is 0 Å². The fraction of sp³-hybridized carbons (Fsp3) is 0.667. The topological polar surface area (TPSA) is 136 Å². The summed E-state index contributed by atoms with van der Waals surface area (Å²) < 4.78 is 0. The number of nitrogens with one attached hydrogen (secondary N) is 1. The predicted octanol–water partition coefficient (Wildman–Crippen LogP) is -0.423. The van der Waals surface area contributed by atoms with Gasteiger partial charge in [-0.3, -0.25) is 14.4 Å². The Labute approximate surface area is 139 Å². The number of aldehydes is 1. The van der Waals surface area contributed by atoms with Crippen LogP contribution in [0.2, 0.25) is 0 Å². The summed E-state index contributed by atoms with van der Waals surface area (Å²) in [7, 11) is 0. The summed E-state index contributed by atoms with van der Waals surface area (Å²) in [6.07, 6.45) is 3.18.